The highest BCUT2D eigenvalue weighted by atomic mass is 35.5. The number of carboxylic acid groups (broad SMARTS) is 1. The Balaban J connectivity index is 2.58. The summed E-state index contributed by atoms with van der Waals surface area (Å²) in [4.78, 5) is 17.4. The molecule has 1 unspecified atom stereocenters. The third-order valence-corrected chi connectivity index (χ3v) is 4.82. The first-order chi connectivity index (χ1) is 10.9. The maximum absolute atomic E-state index is 14.1. The molecule has 134 valence electrons. The van der Waals surface area contributed by atoms with Crippen molar-refractivity contribution in [1.82, 2.24) is 9.88 Å². The number of pyridine rings is 1. The zero-order valence-corrected chi connectivity index (χ0v) is 14.3. The second kappa shape index (κ2) is 5.98. The lowest BCUT2D eigenvalue weighted by molar-refractivity contribution is -0.257. The van der Waals surface area contributed by atoms with Gasteiger partial charge in [-0.25, -0.2) is 4.79 Å². The predicted octanol–water partition coefficient (Wildman–Crippen LogP) is 3.88. The second-order valence-electron chi connectivity index (χ2n) is 6.79. The minimum absolute atomic E-state index is 0.103. The Hall–Kier alpha value is -1.70. The number of halogens is 4. The van der Waals surface area contributed by atoms with Crippen LogP contribution in [0, 0.1) is 5.41 Å². The van der Waals surface area contributed by atoms with Gasteiger partial charge in [0, 0.05) is 19.3 Å². The van der Waals surface area contributed by atoms with Crippen molar-refractivity contribution in [1.29, 1.82) is 0 Å². The van der Waals surface area contributed by atoms with Crippen molar-refractivity contribution in [3.63, 3.8) is 0 Å². The molecule has 1 aliphatic heterocycles. The standard InChI is InChI=1S/C15H19ClF3N3O2/c1-13(2,3)14(15(17,18)19)9-21(6-7-22(14)12(23)24)11-8-20-5-4-10(11)16/h4-5,8H,6-7,9H2,1-3H3,(H,23,24). The second-order valence-corrected chi connectivity index (χ2v) is 7.20. The van der Waals surface area contributed by atoms with Crippen molar-refractivity contribution in [3.8, 4) is 0 Å². The lowest BCUT2D eigenvalue weighted by Gasteiger charge is -2.56. The lowest BCUT2D eigenvalue weighted by atomic mass is 9.70. The minimum Gasteiger partial charge on any atom is -0.465 e. The smallest absolute Gasteiger partial charge is 0.414 e. The topological polar surface area (TPSA) is 56.7 Å². The number of hydrogen-bond donors (Lipinski definition) is 1. The van der Waals surface area contributed by atoms with Crippen LogP contribution in [0.25, 0.3) is 0 Å². The molecule has 24 heavy (non-hydrogen) atoms. The molecule has 0 bridgehead atoms. The average Bonchev–Trinajstić information content (AvgIpc) is 2.44. The SMILES string of the molecule is CC(C)(C)C1(C(F)(F)F)CN(c2cnccc2Cl)CCN1C(=O)O. The summed E-state index contributed by atoms with van der Waals surface area (Å²) in [5, 5.41) is 9.66. The number of aromatic nitrogens is 1. The van der Waals surface area contributed by atoms with Crippen LogP contribution in [0.5, 0.6) is 0 Å². The van der Waals surface area contributed by atoms with E-state index in [1.807, 2.05) is 0 Å². The summed E-state index contributed by atoms with van der Waals surface area (Å²) in [7, 11) is 0. The van der Waals surface area contributed by atoms with E-state index in [0.717, 1.165) is 0 Å². The van der Waals surface area contributed by atoms with Crippen LogP contribution in [0.15, 0.2) is 18.5 Å². The van der Waals surface area contributed by atoms with Gasteiger partial charge in [-0.1, -0.05) is 32.4 Å². The number of rotatable bonds is 1. The summed E-state index contributed by atoms with van der Waals surface area (Å²) in [6.07, 6.45) is -3.50. The van der Waals surface area contributed by atoms with Crippen LogP contribution in [0.1, 0.15) is 20.8 Å². The molecule has 1 saturated heterocycles. The summed E-state index contributed by atoms with van der Waals surface area (Å²) in [6, 6.07) is 1.49. The zero-order valence-electron chi connectivity index (χ0n) is 13.6. The van der Waals surface area contributed by atoms with Crippen LogP contribution in [0.4, 0.5) is 23.7 Å². The van der Waals surface area contributed by atoms with Gasteiger partial charge in [0.05, 0.1) is 23.5 Å². The van der Waals surface area contributed by atoms with E-state index in [-0.39, 0.29) is 18.1 Å². The maximum atomic E-state index is 14.1. The van der Waals surface area contributed by atoms with Crippen LogP contribution in [-0.4, -0.2) is 52.4 Å². The molecule has 9 heteroatoms. The Morgan fingerprint density at radius 2 is 1.96 bits per heavy atom. The van der Waals surface area contributed by atoms with Crippen LogP contribution in [0.2, 0.25) is 5.02 Å². The van der Waals surface area contributed by atoms with Gasteiger partial charge in [0.2, 0.25) is 0 Å². The first-order valence-corrected chi connectivity index (χ1v) is 7.71. The van der Waals surface area contributed by atoms with E-state index in [4.69, 9.17) is 11.6 Å². The van der Waals surface area contributed by atoms with Crippen molar-refractivity contribution < 1.29 is 23.1 Å². The molecule has 1 aromatic heterocycles. The first-order valence-electron chi connectivity index (χ1n) is 7.33. The van der Waals surface area contributed by atoms with E-state index >= 15 is 0 Å². The monoisotopic (exact) mass is 365 g/mol. The van der Waals surface area contributed by atoms with Gasteiger partial charge in [-0.2, -0.15) is 13.2 Å². The van der Waals surface area contributed by atoms with Crippen LogP contribution in [0.3, 0.4) is 0 Å². The number of piperazine rings is 1. The highest BCUT2D eigenvalue weighted by molar-refractivity contribution is 6.33. The maximum Gasteiger partial charge on any atom is 0.414 e. The van der Waals surface area contributed by atoms with Crippen molar-refractivity contribution in [2.24, 2.45) is 5.41 Å². The molecule has 1 aliphatic rings. The Kier molecular flexibility index (Phi) is 4.65. The Labute approximate surface area is 143 Å². The molecule has 5 nitrogen and oxygen atoms in total. The summed E-state index contributed by atoms with van der Waals surface area (Å²) in [5.41, 5.74) is -3.58. The van der Waals surface area contributed by atoms with Gasteiger partial charge in [0.15, 0.2) is 5.54 Å². The fourth-order valence-corrected chi connectivity index (χ4v) is 3.45. The molecule has 2 heterocycles. The third-order valence-electron chi connectivity index (χ3n) is 4.50. The number of anilines is 1. The Morgan fingerprint density at radius 1 is 1.33 bits per heavy atom. The van der Waals surface area contributed by atoms with Gasteiger partial charge in [0.1, 0.15) is 0 Å². The zero-order chi connectivity index (χ0) is 18.3. The van der Waals surface area contributed by atoms with Crippen LogP contribution in [-0.2, 0) is 0 Å². The molecule has 1 fully saturated rings. The largest absolute Gasteiger partial charge is 0.465 e. The average molecular weight is 366 g/mol. The van der Waals surface area contributed by atoms with E-state index in [9.17, 15) is 23.1 Å². The summed E-state index contributed by atoms with van der Waals surface area (Å²) < 4.78 is 42.3. The van der Waals surface area contributed by atoms with Crippen LogP contribution >= 0.6 is 11.6 Å². The Morgan fingerprint density at radius 3 is 2.42 bits per heavy atom. The number of carbonyl (C=O) groups is 1. The molecular formula is C15H19ClF3N3O2. The van der Waals surface area contributed by atoms with Crippen molar-refractivity contribution in [3.05, 3.63) is 23.5 Å². The molecule has 1 N–H and O–H groups in total. The molecule has 0 aromatic carbocycles. The van der Waals surface area contributed by atoms with Crippen LogP contribution < -0.4 is 4.90 Å². The third kappa shape index (κ3) is 2.87. The van der Waals surface area contributed by atoms with E-state index in [0.29, 0.717) is 10.6 Å². The molecule has 0 aliphatic carbocycles. The number of nitrogens with zero attached hydrogens (tertiary/aromatic N) is 3. The molecule has 1 amide bonds. The lowest BCUT2D eigenvalue weighted by Crippen LogP contribution is -2.75. The Bertz CT molecular complexity index is 617. The first kappa shape index (κ1) is 18.6. The molecule has 0 spiro atoms. The summed E-state index contributed by atoms with van der Waals surface area (Å²) in [6.45, 7) is 3.46. The highest BCUT2D eigenvalue weighted by Crippen LogP contribution is 2.50. The summed E-state index contributed by atoms with van der Waals surface area (Å²) in [5.74, 6) is 0. The van der Waals surface area contributed by atoms with Crippen molar-refractivity contribution >= 4 is 23.4 Å². The molecule has 0 saturated carbocycles. The van der Waals surface area contributed by atoms with Gasteiger partial charge >= 0.3 is 12.3 Å². The quantitative estimate of drug-likeness (QED) is 0.820. The molecule has 1 atom stereocenters. The van der Waals surface area contributed by atoms with Gasteiger partial charge < -0.3 is 10.0 Å². The van der Waals surface area contributed by atoms with Gasteiger partial charge in [-0.3, -0.25) is 9.88 Å². The minimum atomic E-state index is -4.75. The van der Waals surface area contributed by atoms with Gasteiger partial charge in [0.25, 0.3) is 0 Å². The number of hydrogen-bond acceptors (Lipinski definition) is 3. The molecule has 1 aromatic rings. The van der Waals surface area contributed by atoms with E-state index in [1.54, 1.807) is 0 Å². The number of alkyl halides is 3. The fraction of sp³-hybridized carbons (Fsp3) is 0.600. The fourth-order valence-electron chi connectivity index (χ4n) is 3.23. The molecule has 0 radical (unpaired) electrons. The van der Waals surface area contributed by atoms with E-state index in [2.05, 4.69) is 4.98 Å². The van der Waals surface area contributed by atoms with Crippen molar-refractivity contribution in [2.75, 3.05) is 24.5 Å². The molecule has 2 rings (SSSR count). The van der Waals surface area contributed by atoms with E-state index in [1.165, 1.54) is 44.1 Å². The van der Waals surface area contributed by atoms with E-state index < -0.39 is 29.8 Å². The normalized spacial score (nSPS) is 22.6. The predicted molar refractivity (Wildman–Crippen MR) is 84.4 cm³/mol. The highest BCUT2D eigenvalue weighted by Gasteiger charge is 2.68. The summed E-state index contributed by atoms with van der Waals surface area (Å²) >= 11 is 6.09. The van der Waals surface area contributed by atoms with Gasteiger partial charge in [-0.05, 0) is 11.5 Å². The number of amides is 1. The van der Waals surface area contributed by atoms with Gasteiger partial charge in [-0.15, -0.1) is 0 Å². The molecular weight excluding hydrogens is 347 g/mol. The van der Waals surface area contributed by atoms with Crippen molar-refractivity contribution in [2.45, 2.75) is 32.5 Å².